The van der Waals surface area contributed by atoms with Gasteiger partial charge in [0.25, 0.3) is 0 Å². The van der Waals surface area contributed by atoms with Gasteiger partial charge in [0, 0.05) is 11.6 Å². The Morgan fingerprint density at radius 2 is 2.12 bits per heavy atom. The van der Waals surface area contributed by atoms with Crippen molar-refractivity contribution in [1.29, 1.82) is 0 Å². The molecule has 0 heterocycles. The van der Waals surface area contributed by atoms with E-state index in [1.54, 1.807) is 0 Å². The molecule has 0 saturated heterocycles. The minimum atomic E-state index is -1.47. The maximum Gasteiger partial charge on any atom is 0.314 e. The molecule has 0 aliphatic heterocycles. The van der Waals surface area contributed by atoms with Crippen molar-refractivity contribution in [2.75, 3.05) is 7.11 Å². The quantitative estimate of drug-likeness (QED) is 0.852. The van der Waals surface area contributed by atoms with E-state index in [1.807, 2.05) is 0 Å². The second-order valence-electron chi connectivity index (χ2n) is 3.95. The van der Waals surface area contributed by atoms with Gasteiger partial charge in [-0.1, -0.05) is 11.6 Å². The van der Waals surface area contributed by atoms with Crippen molar-refractivity contribution in [1.82, 2.24) is 0 Å². The summed E-state index contributed by atoms with van der Waals surface area (Å²) in [5.41, 5.74) is -1.94. The highest BCUT2D eigenvalue weighted by molar-refractivity contribution is 6.32. The number of ether oxygens (including phenoxy) is 1. The molecule has 1 aromatic carbocycles. The summed E-state index contributed by atoms with van der Waals surface area (Å²) in [6, 6.07) is 0.907. The lowest BCUT2D eigenvalue weighted by molar-refractivity contribution is -0.140. The molecule has 0 amide bonds. The number of hydrogen-bond acceptors (Lipinski definition) is 2. The largest absolute Gasteiger partial charge is 0.495 e. The van der Waals surface area contributed by atoms with Crippen molar-refractivity contribution in [2.45, 2.75) is 18.3 Å². The molecule has 0 unspecified atom stereocenters. The van der Waals surface area contributed by atoms with Gasteiger partial charge in [-0.05, 0) is 12.8 Å². The Morgan fingerprint density at radius 1 is 1.53 bits per heavy atom. The van der Waals surface area contributed by atoms with E-state index in [-0.39, 0.29) is 18.6 Å². The first-order valence-electron chi connectivity index (χ1n) is 4.89. The average molecular weight is 263 g/mol. The minimum Gasteiger partial charge on any atom is -0.495 e. The highest BCUT2D eigenvalue weighted by Gasteiger charge is 2.55. The van der Waals surface area contributed by atoms with Gasteiger partial charge in [0.05, 0.1) is 12.5 Å². The van der Waals surface area contributed by atoms with Crippen LogP contribution in [0.1, 0.15) is 18.4 Å². The lowest BCUT2D eigenvalue weighted by Crippen LogP contribution is -2.23. The van der Waals surface area contributed by atoms with E-state index in [2.05, 4.69) is 0 Å². The molecule has 0 aromatic heterocycles. The number of rotatable bonds is 3. The number of benzene rings is 1. The van der Waals surface area contributed by atoms with Gasteiger partial charge in [-0.15, -0.1) is 0 Å². The predicted molar refractivity (Wildman–Crippen MR) is 56.5 cm³/mol. The molecule has 3 nitrogen and oxygen atoms in total. The van der Waals surface area contributed by atoms with Crippen LogP contribution in [0.15, 0.2) is 6.07 Å². The summed E-state index contributed by atoms with van der Waals surface area (Å²) in [6.07, 6.45) is 0.414. The van der Waals surface area contributed by atoms with Gasteiger partial charge in [0.2, 0.25) is 0 Å². The van der Waals surface area contributed by atoms with Crippen LogP contribution in [0.3, 0.4) is 0 Å². The summed E-state index contributed by atoms with van der Waals surface area (Å²) in [4.78, 5) is 11.0. The van der Waals surface area contributed by atoms with Crippen molar-refractivity contribution < 1.29 is 23.4 Å². The predicted octanol–water partition coefficient (Wildman–Crippen LogP) is 2.74. The highest BCUT2D eigenvalue weighted by atomic mass is 35.5. The summed E-state index contributed by atoms with van der Waals surface area (Å²) in [5.74, 6) is -3.38. The van der Waals surface area contributed by atoms with Crippen molar-refractivity contribution in [3.05, 3.63) is 28.3 Å². The fourth-order valence-electron chi connectivity index (χ4n) is 1.86. The second-order valence-corrected chi connectivity index (χ2v) is 4.33. The Morgan fingerprint density at radius 3 is 2.53 bits per heavy atom. The normalized spacial score (nSPS) is 16.7. The molecular formula is C11H9ClF2O3. The van der Waals surface area contributed by atoms with Crippen LogP contribution in [-0.4, -0.2) is 18.2 Å². The van der Waals surface area contributed by atoms with Crippen molar-refractivity contribution in [3.8, 4) is 5.75 Å². The molecule has 0 atom stereocenters. The van der Waals surface area contributed by atoms with E-state index >= 15 is 0 Å². The molecule has 0 spiro atoms. The lowest BCUT2D eigenvalue weighted by Gasteiger charge is -2.15. The molecule has 6 heteroatoms. The third-order valence-corrected chi connectivity index (χ3v) is 3.34. The monoisotopic (exact) mass is 262 g/mol. The van der Waals surface area contributed by atoms with Crippen LogP contribution < -0.4 is 4.74 Å². The maximum absolute atomic E-state index is 13.9. The van der Waals surface area contributed by atoms with Crippen LogP contribution in [0.4, 0.5) is 8.78 Å². The molecular weight excluding hydrogens is 254 g/mol. The van der Waals surface area contributed by atoms with Crippen molar-refractivity contribution in [3.63, 3.8) is 0 Å². The number of hydrogen-bond donors (Lipinski definition) is 1. The molecule has 1 N–H and O–H groups in total. The van der Waals surface area contributed by atoms with Crippen LogP contribution in [0.2, 0.25) is 5.02 Å². The Labute approximate surface area is 101 Å². The SMILES string of the molecule is COc1cc(F)c(C2(C(=O)O)CC2)c(F)c1Cl. The van der Waals surface area contributed by atoms with Gasteiger partial charge in [0.15, 0.2) is 5.82 Å². The number of carbonyl (C=O) groups is 1. The van der Waals surface area contributed by atoms with Gasteiger partial charge < -0.3 is 9.84 Å². The van der Waals surface area contributed by atoms with Gasteiger partial charge >= 0.3 is 5.97 Å². The zero-order valence-corrected chi connectivity index (χ0v) is 9.65. The zero-order chi connectivity index (χ0) is 12.8. The molecule has 92 valence electrons. The first kappa shape index (κ1) is 12.1. The Kier molecular flexibility index (Phi) is 2.73. The fourth-order valence-corrected chi connectivity index (χ4v) is 2.08. The molecule has 1 aliphatic carbocycles. The van der Waals surface area contributed by atoms with E-state index < -0.39 is 33.6 Å². The Hall–Kier alpha value is -1.36. The smallest absolute Gasteiger partial charge is 0.314 e. The number of aliphatic carboxylic acids is 1. The van der Waals surface area contributed by atoms with Crippen LogP contribution >= 0.6 is 11.6 Å². The van der Waals surface area contributed by atoms with Gasteiger partial charge in [-0.25, -0.2) is 8.78 Å². The summed E-state index contributed by atoms with van der Waals surface area (Å²) >= 11 is 5.65. The fraction of sp³-hybridized carbons (Fsp3) is 0.364. The standard InChI is InChI=1S/C11H9ClF2O3/c1-17-6-4-5(13)7(9(14)8(6)12)11(2-3-11)10(15)16/h4H,2-3H2,1H3,(H,15,16). The summed E-state index contributed by atoms with van der Waals surface area (Å²) < 4.78 is 32.3. The maximum atomic E-state index is 13.9. The molecule has 2 rings (SSSR count). The lowest BCUT2D eigenvalue weighted by atomic mass is 9.94. The summed E-state index contributed by atoms with van der Waals surface area (Å²) in [5, 5.41) is 8.62. The van der Waals surface area contributed by atoms with Crippen LogP contribution in [0, 0.1) is 11.6 Å². The van der Waals surface area contributed by atoms with Crippen molar-refractivity contribution in [2.24, 2.45) is 0 Å². The molecule has 0 bridgehead atoms. The second kappa shape index (κ2) is 3.84. The third-order valence-electron chi connectivity index (χ3n) is 2.98. The molecule has 1 aromatic rings. The van der Waals surface area contributed by atoms with Crippen LogP contribution in [0.25, 0.3) is 0 Å². The van der Waals surface area contributed by atoms with E-state index in [4.69, 9.17) is 21.4 Å². The Bertz CT molecular complexity index is 498. The van der Waals surface area contributed by atoms with E-state index in [1.165, 1.54) is 7.11 Å². The molecule has 1 fully saturated rings. The Balaban J connectivity index is 2.64. The molecule has 1 saturated carbocycles. The van der Waals surface area contributed by atoms with Crippen LogP contribution in [-0.2, 0) is 10.2 Å². The summed E-state index contributed by atoms with van der Waals surface area (Å²) in [6.45, 7) is 0. The minimum absolute atomic E-state index is 0.147. The molecule has 0 radical (unpaired) electrons. The van der Waals surface area contributed by atoms with Gasteiger partial charge in [-0.3, -0.25) is 4.79 Å². The topological polar surface area (TPSA) is 46.5 Å². The van der Waals surface area contributed by atoms with Gasteiger partial charge in [0.1, 0.15) is 16.6 Å². The average Bonchev–Trinajstić information content (AvgIpc) is 3.05. The van der Waals surface area contributed by atoms with Crippen LogP contribution in [0.5, 0.6) is 5.75 Å². The number of carboxylic acids is 1. The number of methoxy groups -OCH3 is 1. The third kappa shape index (κ3) is 1.65. The number of halogens is 3. The van der Waals surface area contributed by atoms with Gasteiger partial charge in [-0.2, -0.15) is 0 Å². The first-order chi connectivity index (χ1) is 7.94. The van der Waals surface area contributed by atoms with E-state index in [9.17, 15) is 13.6 Å². The van der Waals surface area contributed by atoms with E-state index in [0.29, 0.717) is 0 Å². The van der Waals surface area contributed by atoms with Crippen molar-refractivity contribution >= 4 is 17.6 Å². The first-order valence-corrected chi connectivity index (χ1v) is 5.27. The zero-order valence-electron chi connectivity index (χ0n) is 8.89. The summed E-state index contributed by atoms with van der Waals surface area (Å²) in [7, 11) is 1.23. The highest BCUT2D eigenvalue weighted by Crippen LogP contribution is 2.52. The number of carboxylic acid groups (broad SMARTS) is 1. The molecule has 1 aliphatic rings. The molecule has 17 heavy (non-hydrogen) atoms. The van der Waals surface area contributed by atoms with E-state index in [0.717, 1.165) is 6.07 Å².